The number of rotatable bonds is 3. The zero-order valence-electron chi connectivity index (χ0n) is 13.6. The summed E-state index contributed by atoms with van der Waals surface area (Å²) in [5.74, 6) is -1.10. The topological polar surface area (TPSA) is 92.8 Å². The van der Waals surface area contributed by atoms with Crippen LogP contribution in [0.3, 0.4) is 0 Å². The maximum atomic E-state index is 12.7. The van der Waals surface area contributed by atoms with E-state index >= 15 is 0 Å². The Kier molecular flexibility index (Phi) is 3.76. The van der Waals surface area contributed by atoms with Crippen LogP contribution in [-0.2, 0) is 9.59 Å². The van der Waals surface area contributed by atoms with Gasteiger partial charge in [0.15, 0.2) is 0 Å². The highest BCUT2D eigenvalue weighted by molar-refractivity contribution is 6.23. The van der Waals surface area contributed by atoms with Crippen LogP contribution in [-0.4, -0.2) is 34.6 Å². The van der Waals surface area contributed by atoms with E-state index in [1.807, 2.05) is 18.2 Å². The molecule has 1 atom stereocenters. The predicted octanol–water partition coefficient (Wildman–Crippen LogP) is 1.88. The number of fused-ring (bicyclic) bond motifs is 1. The second-order valence-corrected chi connectivity index (χ2v) is 6.07. The number of para-hydroxylation sites is 1. The number of carbonyl (C=O) groups is 4. The molecule has 2 aliphatic heterocycles. The Hall–Kier alpha value is -3.48. The lowest BCUT2D eigenvalue weighted by molar-refractivity contribution is -0.136. The summed E-state index contributed by atoms with van der Waals surface area (Å²) >= 11 is 0. The second-order valence-electron chi connectivity index (χ2n) is 6.07. The smallest absolute Gasteiger partial charge is 0.262 e. The van der Waals surface area contributed by atoms with Crippen molar-refractivity contribution in [2.24, 2.45) is 0 Å². The fraction of sp³-hybridized carbons (Fsp3) is 0.158. The first-order valence-electron chi connectivity index (χ1n) is 8.13. The second kappa shape index (κ2) is 6.11. The van der Waals surface area contributed by atoms with Gasteiger partial charge in [0, 0.05) is 6.42 Å². The molecule has 7 nitrogen and oxygen atoms in total. The summed E-state index contributed by atoms with van der Waals surface area (Å²) in [5, 5.41) is 2.17. The molecule has 1 unspecified atom stereocenters. The van der Waals surface area contributed by atoms with Gasteiger partial charge in [-0.3, -0.25) is 29.4 Å². The summed E-state index contributed by atoms with van der Waals surface area (Å²) in [6.07, 6.45) is 0.218. The Morgan fingerprint density at radius 2 is 1.62 bits per heavy atom. The molecule has 2 aliphatic rings. The summed E-state index contributed by atoms with van der Waals surface area (Å²) in [6, 6.07) is 12.7. The van der Waals surface area contributed by atoms with Crippen LogP contribution in [0.5, 0.6) is 11.5 Å². The SMILES string of the molecule is O=C1CCC(N2C(=O)c3ccc(Oc4ccccc4)cc3C2=O)C(=O)N1. The van der Waals surface area contributed by atoms with Gasteiger partial charge in [0.25, 0.3) is 11.8 Å². The van der Waals surface area contributed by atoms with Crippen LogP contribution < -0.4 is 10.1 Å². The summed E-state index contributed by atoms with van der Waals surface area (Å²) in [4.78, 5) is 49.6. The molecule has 0 aliphatic carbocycles. The molecule has 4 amide bonds. The highest BCUT2D eigenvalue weighted by atomic mass is 16.5. The molecule has 2 aromatic rings. The van der Waals surface area contributed by atoms with Gasteiger partial charge in [-0.1, -0.05) is 18.2 Å². The van der Waals surface area contributed by atoms with Crippen molar-refractivity contribution in [1.29, 1.82) is 0 Å². The first kappa shape index (κ1) is 16.0. The van der Waals surface area contributed by atoms with E-state index in [2.05, 4.69) is 5.32 Å². The van der Waals surface area contributed by atoms with Gasteiger partial charge < -0.3 is 4.74 Å². The largest absolute Gasteiger partial charge is 0.457 e. The number of imide groups is 2. The molecule has 0 spiro atoms. The molecule has 1 saturated heterocycles. The van der Waals surface area contributed by atoms with E-state index in [1.165, 1.54) is 12.1 Å². The van der Waals surface area contributed by atoms with Gasteiger partial charge in [-0.25, -0.2) is 0 Å². The van der Waals surface area contributed by atoms with Crippen molar-refractivity contribution in [3.8, 4) is 11.5 Å². The van der Waals surface area contributed by atoms with Gasteiger partial charge in [0.1, 0.15) is 17.5 Å². The lowest BCUT2D eigenvalue weighted by Gasteiger charge is -2.27. The van der Waals surface area contributed by atoms with Crippen LogP contribution in [0.15, 0.2) is 48.5 Å². The summed E-state index contributed by atoms with van der Waals surface area (Å²) in [7, 11) is 0. The molecule has 26 heavy (non-hydrogen) atoms. The van der Waals surface area contributed by atoms with Gasteiger partial charge in [0.05, 0.1) is 11.1 Å². The third-order valence-electron chi connectivity index (χ3n) is 4.39. The van der Waals surface area contributed by atoms with E-state index in [0.717, 1.165) is 4.90 Å². The Balaban J connectivity index is 1.62. The van der Waals surface area contributed by atoms with Crippen LogP contribution in [0.25, 0.3) is 0 Å². The number of piperidine rings is 1. The van der Waals surface area contributed by atoms with Crippen LogP contribution in [0.4, 0.5) is 0 Å². The minimum Gasteiger partial charge on any atom is -0.457 e. The molecule has 4 rings (SSSR count). The highest BCUT2D eigenvalue weighted by Gasteiger charge is 2.44. The molecule has 7 heteroatoms. The molecule has 1 N–H and O–H groups in total. The lowest BCUT2D eigenvalue weighted by atomic mass is 10.0. The Morgan fingerprint density at radius 3 is 2.35 bits per heavy atom. The van der Waals surface area contributed by atoms with Crippen molar-refractivity contribution < 1.29 is 23.9 Å². The van der Waals surface area contributed by atoms with E-state index in [9.17, 15) is 19.2 Å². The standard InChI is InChI=1S/C19H14N2O5/c22-16-9-8-15(17(23)20-16)21-18(24)13-7-6-12(10-14(13)19(21)25)26-11-4-2-1-3-5-11/h1-7,10,15H,8-9H2,(H,20,22,23). The van der Waals surface area contributed by atoms with Crippen molar-refractivity contribution in [1.82, 2.24) is 10.2 Å². The van der Waals surface area contributed by atoms with Crippen LogP contribution in [0, 0.1) is 0 Å². The normalized spacial score (nSPS) is 19.4. The highest BCUT2D eigenvalue weighted by Crippen LogP contribution is 2.31. The number of hydrogen-bond acceptors (Lipinski definition) is 5. The molecule has 0 bridgehead atoms. The minimum absolute atomic E-state index is 0.0895. The van der Waals surface area contributed by atoms with E-state index < -0.39 is 29.7 Å². The quantitative estimate of drug-likeness (QED) is 0.853. The third kappa shape index (κ3) is 2.63. The van der Waals surface area contributed by atoms with Crippen molar-refractivity contribution in [3.63, 3.8) is 0 Å². The van der Waals surface area contributed by atoms with Crippen molar-refractivity contribution >= 4 is 23.6 Å². The zero-order chi connectivity index (χ0) is 18.3. The van der Waals surface area contributed by atoms with Crippen LogP contribution >= 0.6 is 0 Å². The molecular formula is C19H14N2O5. The molecule has 0 aromatic heterocycles. The first-order chi connectivity index (χ1) is 12.5. The molecule has 2 heterocycles. The van der Waals surface area contributed by atoms with Gasteiger partial charge in [-0.05, 0) is 36.8 Å². The molecule has 2 aromatic carbocycles. The van der Waals surface area contributed by atoms with E-state index in [-0.39, 0.29) is 24.0 Å². The Bertz CT molecular complexity index is 938. The van der Waals surface area contributed by atoms with Gasteiger partial charge in [-0.2, -0.15) is 0 Å². The number of amides is 4. The number of hydrogen-bond donors (Lipinski definition) is 1. The molecular weight excluding hydrogens is 336 g/mol. The van der Waals surface area contributed by atoms with E-state index in [0.29, 0.717) is 11.5 Å². The van der Waals surface area contributed by atoms with Crippen LogP contribution in [0.2, 0.25) is 0 Å². The maximum absolute atomic E-state index is 12.7. The summed E-state index contributed by atoms with van der Waals surface area (Å²) in [5.41, 5.74) is 0.410. The fourth-order valence-electron chi connectivity index (χ4n) is 3.14. The first-order valence-corrected chi connectivity index (χ1v) is 8.13. The summed E-state index contributed by atoms with van der Waals surface area (Å²) in [6.45, 7) is 0. The monoisotopic (exact) mass is 350 g/mol. The number of nitrogens with zero attached hydrogens (tertiary/aromatic N) is 1. The maximum Gasteiger partial charge on any atom is 0.262 e. The van der Waals surface area contributed by atoms with Crippen LogP contribution in [0.1, 0.15) is 33.6 Å². The minimum atomic E-state index is -0.974. The van der Waals surface area contributed by atoms with Gasteiger partial charge >= 0.3 is 0 Å². The average Bonchev–Trinajstić information content (AvgIpc) is 2.87. The zero-order valence-corrected chi connectivity index (χ0v) is 13.6. The molecule has 0 radical (unpaired) electrons. The number of carbonyl (C=O) groups excluding carboxylic acids is 4. The predicted molar refractivity (Wildman–Crippen MR) is 89.6 cm³/mol. The van der Waals surface area contributed by atoms with Gasteiger partial charge in [-0.15, -0.1) is 0 Å². The number of ether oxygens (including phenoxy) is 1. The van der Waals surface area contributed by atoms with Crippen molar-refractivity contribution in [2.75, 3.05) is 0 Å². The number of nitrogens with one attached hydrogen (secondary N) is 1. The third-order valence-corrected chi connectivity index (χ3v) is 4.39. The fourth-order valence-corrected chi connectivity index (χ4v) is 3.14. The van der Waals surface area contributed by atoms with E-state index in [1.54, 1.807) is 18.2 Å². The van der Waals surface area contributed by atoms with E-state index in [4.69, 9.17) is 4.74 Å². The van der Waals surface area contributed by atoms with Crippen molar-refractivity contribution in [2.45, 2.75) is 18.9 Å². The average molecular weight is 350 g/mol. The Labute approximate surface area is 148 Å². The molecule has 130 valence electrons. The summed E-state index contributed by atoms with van der Waals surface area (Å²) < 4.78 is 5.70. The molecule has 1 fully saturated rings. The number of benzene rings is 2. The van der Waals surface area contributed by atoms with Crippen molar-refractivity contribution in [3.05, 3.63) is 59.7 Å². The Morgan fingerprint density at radius 1 is 0.885 bits per heavy atom. The molecule has 0 saturated carbocycles. The lowest BCUT2D eigenvalue weighted by Crippen LogP contribution is -2.54. The van der Waals surface area contributed by atoms with Gasteiger partial charge in [0.2, 0.25) is 11.8 Å².